The van der Waals surface area contributed by atoms with Crippen LogP contribution in [-0.4, -0.2) is 41.9 Å². The molecule has 4 rings (SSSR count). The normalized spacial score (nSPS) is 20.7. The molecule has 138 valence electrons. The molecular formula is C19H23N3O3S. The Labute approximate surface area is 154 Å². The summed E-state index contributed by atoms with van der Waals surface area (Å²) in [5.41, 5.74) is 2.47. The van der Waals surface area contributed by atoms with Crippen LogP contribution < -0.4 is 4.74 Å². The zero-order valence-corrected chi connectivity index (χ0v) is 15.7. The molecule has 0 bridgehead atoms. The van der Waals surface area contributed by atoms with Crippen LogP contribution in [0.15, 0.2) is 35.4 Å². The van der Waals surface area contributed by atoms with Gasteiger partial charge in [0.25, 0.3) is 0 Å². The Morgan fingerprint density at radius 1 is 1.15 bits per heavy atom. The van der Waals surface area contributed by atoms with Crippen LogP contribution in [0.1, 0.15) is 36.2 Å². The van der Waals surface area contributed by atoms with Crippen LogP contribution in [0.2, 0.25) is 0 Å². The number of ether oxygens (including phenoxy) is 1. The lowest BCUT2D eigenvalue weighted by Gasteiger charge is -2.20. The van der Waals surface area contributed by atoms with E-state index in [1.165, 1.54) is 21.9 Å². The molecule has 1 unspecified atom stereocenters. The first-order valence-corrected chi connectivity index (χ1v) is 10.5. The van der Waals surface area contributed by atoms with E-state index in [0.29, 0.717) is 36.1 Å². The second-order valence-electron chi connectivity index (χ2n) is 6.97. The van der Waals surface area contributed by atoms with E-state index in [9.17, 15) is 8.42 Å². The predicted molar refractivity (Wildman–Crippen MR) is 97.6 cm³/mol. The first-order valence-electron chi connectivity index (χ1n) is 9.10. The van der Waals surface area contributed by atoms with Gasteiger partial charge in [-0.3, -0.25) is 0 Å². The molecule has 1 fully saturated rings. The molecular weight excluding hydrogens is 350 g/mol. The van der Waals surface area contributed by atoms with Crippen molar-refractivity contribution in [1.82, 2.24) is 14.3 Å². The van der Waals surface area contributed by atoms with E-state index in [4.69, 9.17) is 4.74 Å². The van der Waals surface area contributed by atoms with E-state index in [0.717, 1.165) is 19.3 Å². The van der Waals surface area contributed by atoms with Crippen molar-refractivity contribution in [2.24, 2.45) is 0 Å². The molecule has 1 aliphatic heterocycles. The van der Waals surface area contributed by atoms with E-state index in [1.54, 1.807) is 25.3 Å². The third-order valence-electron chi connectivity index (χ3n) is 5.10. The fourth-order valence-electron chi connectivity index (χ4n) is 3.70. The van der Waals surface area contributed by atoms with Crippen molar-refractivity contribution in [3.8, 4) is 5.88 Å². The van der Waals surface area contributed by atoms with E-state index in [-0.39, 0.29) is 6.10 Å². The third-order valence-corrected chi connectivity index (χ3v) is 6.96. The number of hydrogen-bond acceptors (Lipinski definition) is 5. The molecule has 2 aliphatic rings. The molecule has 0 amide bonds. The van der Waals surface area contributed by atoms with Crippen molar-refractivity contribution in [2.45, 2.75) is 50.0 Å². The molecule has 6 nitrogen and oxygen atoms in total. The number of aromatic nitrogens is 2. The summed E-state index contributed by atoms with van der Waals surface area (Å²) < 4.78 is 33.4. The molecule has 1 aromatic carbocycles. The van der Waals surface area contributed by atoms with Gasteiger partial charge in [0.05, 0.1) is 11.4 Å². The van der Waals surface area contributed by atoms with Gasteiger partial charge >= 0.3 is 0 Å². The maximum atomic E-state index is 13.0. The Kier molecular flexibility index (Phi) is 4.67. The van der Waals surface area contributed by atoms with Crippen LogP contribution in [-0.2, 0) is 22.9 Å². The van der Waals surface area contributed by atoms with Gasteiger partial charge in [0.2, 0.25) is 15.9 Å². The second kappa shape index (κ2) is 6.96. The Morgan fingerprint density at radius 2 is 1.96 bits per heavy atom. The lowest BCUT2D eigenvalue weighted by molar-refractivity contribution is 0.206. The van der Waals surface area contributed by atoms with Gasteiger partial charge in [-0.05, 0) is 62.3 Å². The molecule has 2 heterocycles. The highest BCUT2D eigenvalue weighted by molar-refractivity contribution is 7.89. The molecule has 0 radical (unpaired) electrons. The van der Waals surface area contributed by atoms with Crippen LogP contribution in [0.3, 0.4) is 0 Å². The first-order chi connectivity index (χ1) is 12.5. The average molecular weight is 373 g/mol. The van der Waals surface area contributed by atoms with Crippen LogP contribution in [0.5, 0.6) is 5.88 Å². The van der Waals surface area contributed by atoms with Gasteiger partial charge in [0.15, 0.2) is 0 Å². The van der Waals surface area contributed by atoms with Crippen molar-refractivity contribution < 1.29 is 13.2 Å². The standard InChI is InChI=1S/C19H23N3O3S/c1-14-20-10-8-19(21-14)25-17-9-11-22(13-17)26(23,24)18-7-6-15-4-2-3-5-16(15)12-18/h6-8,10,12,17H,2-5,9,11,13H2,1H3. The third kappa shape index (κ3) is 3.46. The van der Waals surface area contributed by atoms with Crippen LogP contribution in [0.25, 0.3) is 0 Å². The molecule has 0 spiro atoms. The average Bonchev–Trinajstić information content (AvgIpc) is 3.10. The van der Waals surface area contributed by atoms with E-state index in [2.05, 4.69) is 9.97 Å². The number of sulfonamides is 1. The minimum atomic E-state index is -3.48. The maximum absolute atomic E-state index is 13.0. The van der Waals surface area contributed by atoms with Crippen LogP contribution in [0.4, 0.5) is 0 Å². The van der Waals surface area contributed by atoms with Gasteiger partial charge in [-0.1, -0.05) is 6.07 Å². The fourth-order valence-corrected chi connectivity index (χ4v) is 5.24. The zero-order valence-electron chi connectivity index (χ0n) is 14.9. The summed E-state index contributed by atoms with van der Waals surface area (Å²) in [5.74, 6) is 1.13. The number of benzene rings is 1. The monoisotopic (exact) mass is 373 g/mol. The Bertz CT molecular complexity index is 914. The van der Waals surface area contributed by atoms with E-state index in [1.807, 2.05) is 12.1 Å². The molecule has 26 heavy (non-hydrogen) atoms. The number of hydrogen-bond donors (Lipinski definition) is 0. The zero-order chi connectivity index (χ0) is 18.1. The number of rotatable bonds is 4. The summed E-state index contributed by atoms with van der Waals surface area (Å²) in [6.45, 7) is 2.62. The first kappa shape index (κ1) is 17.4. The van der Waals surface area contributed by atoms with Gasteiger partial charge < -0.3 is 4.74 Å². The predicted octanol–water partition coefficient (Wildman–Crippen LogP) is 2.51. The molecule has 7 heteroatoms. The molecule has 0 N–H and O–H groups in total. The smallest absolute Gasteiger partial charge is 0.243 e. The van der Waals surface area contributed by atoms with E-state index >= 15 is 0 Å². The van der Waals surface area contributed by atoms with Crippen LogP contribution >= 0.6 is 0 Å². The maximum Gasteiger partial charge on any atom is 0.243 e. The molecule has 1 aromatic heterocycles. The Morgan fingerprint density at radius 3 is 2.77 bits per heavy atom. The quantitative estimate of drug-likeness (QED) is 0.823. The van der Waals surface area contributed by atoms with Gasteiger partial charge in [0, 0.05) is 18.8 Å². The Balaban J connectivity index is 1.49. The highest BCUT2D eigenvalue weighted by Crippen LogP contribution is 2.28. The molecule has 0 saturated carbocycles. The summed E-state index contributed by atoms with van der Waals surface area (Å²) in [7, 11) is -3.48. The number of aryl methyl sites for hydroxylation is 3. The largest absolute Gasteiger partial charge is 0.473 e. The Hall–Kier alpha value is -1.99. The van der Waals surface area contributed by atoms with Crippen molar-refractivity contribution in [1.29, 1.82) is 0 Å². The summed E-state index contributed by atoms with van der Waals surface area (Å²) in [6.07, 6.45) is 6.46. The molecule has 1 aliphatic carbocycles. The molecule has 2 aromatic rings. The minimum absolute atomic E-state index is 0.184. The highest BCUT2D eigenvalue weighted by Gasteiger charge is 2.34. The second-order valence-corrected chi connectivity index (χ2v) is 8.91. The minimum Gasteiger partial charge on any atom is -0.473 e. The molecule has 1 atom stereocenters. The highest BCUT2D eigenvalue weighted by atomic mass is 32.2. The summed E-state index contributed by atoms with van der Waals surface area (Å²) >= 11 is 0. The number of nitrogens with zero attached hydrogens (tertiary/aromatic N) is 3. The van der Waals surface area contributed by atoms with Crippen LogP contribution in [0, 0.1) is 6.92 Å². The van der Waals surface area contributed by atoms with Crippen molar-refractivity contribution in [3.63, 3.8) is 0 Å². The summed E-state index contributed by atoms with van der Waals surface area (Å²) in [5, 5.41) is 0. The SMILES string of the molecule is Cc1nccc(OC2CCN(S(=O)(=O)c3ccc4c(c3)CCCC4)C2)n1. The van der Waals surface area contributed by atoms with Gasteiger partial charge in [-0.15, -0.1) is 0 Å². The van der Waals surface area contributed by atoms with E-state index < -0.39 is 10.0 Å². The van der Waals surface area contributed by atoms with Gasteiger partial charge in [0.1, 0.15) is 11.9 Å². The van der Waals surface area contributed by atoms with Crippen molar-refractivity contribution >= 4 is 10.0 Å². The van der Waals surface area contributed by atoms with Crippen molar-refractivity contribution in [2.75, 3.05) is 13.1 Å². The fraction of sp³-hybridized carbons (Fsp3) is 0.474. The van der Waals surface area contributed by atoms with Crippen molar-refractivity contribution in [3.05, 3.63) is 47.4 Å². The number of fused-ring (bicyclic) bond motifs is 1. The molecule has 1 saturated heterocycles. The van der Waals surface area contributed by atoms with Gasteiger partial charge in [-0.25, -0.2) is 13.4 Å². The lowest BCUT2D eigenvalue weighted by Crippen LogP contribution is -2.31. The summed E-state index contributed by atoms with van der Waals surface area (Å²) in [6, 6.07) is 7.30. The van der Waals surface area contributed by atoms with Gasteiger partial charge in [-0.2, -0.15) is 9.29 Å². The topological polar surface area (TPSA) is 72.4 Å². The summed E-state index contributed by atoms with van der Waals surface area (Å²) in [4.78, 5) is 8.67. The lowest BCUT2D eigenvalue weighted by atomic mass is 9.92.